The number of hydrogen-bond donors (Lipinski definition) is 0. The lowest BCUT2D eigenvalue weighted by Crippen LogP contribution is -2.02. The quantitative estimate of drug-likeness (QED) is 0.455. The summed E-state index contributed by atoms with van der Waals surface area (Å²) >= 11 is 0. The molecule has 2 nitrogen and oxygen atoms in total. The van der Waals surface area contributed by atoms with Gasteiger partial charge in [-0.25, -0.2) is 5.11 Å². The second-order valence-electron chi connectivity index (χ2n) is 0.885. The summed E-state index contributed by atoms with van der Waals surface area (Å²) in [6.07, 6.45) is -1.10. The van der Waals surface area contributed by atoms with Crippen LogP contribution in [0.4, 0.5) is 0 Å². The largest absolute Gasteiger partial charge is 0.350 e. The van der Waals surface area contributed by atoms with E-state index >= 15 is 0 Å². The fraction of sp³-hybridized carbons (Fsp3) is 0.750. The molecule has 0 rings (SSSR count). The molecule has 0 amide bonds. The molecule has 0 aromatic heterocycles. The molecule has 0 heterocycles. The molecule has 0 N–H and O–H groups in total. The number of hydrogen-bond acceptors (Lipinski definition) is 1. The highest BCUT2D eigenvalue weighted by atomic mass is 16.6. The van der Waals surface area contributed by atoms with E-state index in [1.54, 1.807) is 6.92 Å². The first kappa shape index (κ1) is 5.92. The van der Waals surface area contributed by atoms with Crippen LogP contribution in [0.15, 0.2) is 0 Å². The summed E-state index contributed by atoms with van der Waals surface area (Å²) in [5.41, 5.74) is 0. The molecule has 0 aliphatic heterocycles. The third kappa shape index (κ3) is 3.92. The van der Waals surface area contributed by atoms with Gasteiger partial charge < -0.3 is 4.74 Å². The van der Waals surface area contributed by atoms with Gasteiger partial charge in [-0.15, -0.1) is 0 Å². The highest BCUT2D eigenvalue weighted by molar-refractivity contribution is 4.35. The summed E-state index contributed by atoms with van der Waals surface area (Å²) < 4.78 is 4.38. The van der Waals surface area contributed by atoms with Gasteiger partial charge in [0, 0.05) is 13.5 Å². The molecule has 0 aromatic carbocycles. The van der Waals surface area contributed by atoms with E-state index in [0.717, 1.165) is 0 Å². The highest BCUT2D eigenvalue weighted by Crippen LogP contribution is 1.79. The average Bonchev–Trinajstić information content (AvgIpc) is 1.35. The molecule has 0 fully saturated rings. The van der Waals surface area contributed by atoms with Gasteiger partial charge in [-0.1, -0.05) is 0 Å². The smallest absolute Gasteiger partial charge is 0.191 e. The van der Waals surface area contributed by atoms with Crippen LogP contribution in [0.25, 0.3) is 0 Å². The van der Waals surface area contributed by atoms with Gasteiger partial charge in [-0.2, -0.15) is 0 Å². The van der Waals surface area contributed by atoms with Crippen molar-refractivity contribution < 1.29 is 9.84 Å². The molecule has 1 atom stereocenters. The first-order chi connectivity index (χ1) is 2.77. The van der Waals surface area contributed by atoms with Crippen LogP contribution >= 0.6 is 0 Å². The monoisotopic (exact) mass is 88.1 g/mol. The van der Waals surface area contributed by atoms with Crippen LogP contribution in [0.1, 0.15) is 6.92 Å². The topological polar surface area (TPSA) is 29.1 Å². The summed E-state index contributed by atoms with van der Waals surface area (Å²) in [7, 11) is 0. The predicted molar refractivity (Wildman–Crippen MR) is 21.5 cm³/mol. The zero-order valence-corrected chi connectivity index (χ0v) is 3.81. The van der Waals surface area contributed by atoms with Crippen molar-refractivity contribution in [3.05, 3.63) is 6.92 Å². The number of rotatable bonds is 2. The molecule has 0 aliphatic carbocycles. The molecule has 36 valence electrons. The Hall–Kier alpha value is -0.0800. The maximum Gasteiger partial charge on any atom is 0.191 e. The van der Waals surface area contributed by atoms with Gasteiger partial charge in [0.05, 0.1) is 0 Å². The minimum atomic E-state index is -1.10. The van der Waals surface area contributed by atoms with E-state index in [1.165, 1.54) is 0 Å². The Morgan fingerprint density at radius 3 is 2.50 bits per heavy atom. The van der Waals surface area contributed by atoms with Crippen LogP contribution < -0.4 is 0 Å². The highest BCUT2D eigenvalue weighted by Gasteiger charge is 1.89. The second kappa shape index (κ2) is 3.12. The van der Waals surface area contributed by atoms with Gasteiger partial charge in [0.15, 0.2) is 6.29 Å². The Morgan fingerprint density at radius 2 is 2.50 bits per heavy atom. The Morgan fingerprint density at radius 1 is 2.00 bits per heavy atom. The van der Waals surface area contributed by atoms with E-state index < -0.39 is 6.29 Å². The summed E-state index contributed by atoms with van der Waals surface area (Å²) in [6, 6.07) is 0. The van der Waals surface area contributed by atoms with Gasteiger partial charge in [0.2, 0.25) is 0 Å². The Kier molecular flexibility index (Phi) is 3.08. The lowest BCUT2D eigenvalue weighted by molar-refractivity contribution is -0.104. The minimum absolute atomic E-state index is 0.456. The molecule has 2 radical (unpaired) electrons. The van der Waals surface area contributed by atoms with Gasteiger partial charge in [0.1, 0.15) is 0 Å². The first-order valence-electron chi connectivity index (χ1n) is 1.88. The van der Waals surface area contributed by atoms with Crippen LogP contribution in [-0.2, 0) is 9.84 Å². The summed E-state index contributed by atoms with van der Waals surface area (Å²) in [4.78, 5) is 0. The van der Waals surface area contributed by atoms with Crippen molar-refractivity contribution >= 4 is 0 Å². The van der Waals surface area contributed by atoms with Crippen molar-refractivity contribution in [1.82, 2.24) is 0 Å². The van der Waals surface area contributed by atoms with Crippen LogP contribution in [0.5, 0.6) is 0 Å². The van der Waals surface area contributed by atoms with Crippen molar-refractivity contribution in [3.63, 3.8) is 0 Å². The third-order valence-corrected chi connectivity index (χ3v) is 0.353. The Labute approximate surface area is 37.7 Å². The van der Waals surface area contributed by atoms with E-state index in [2.05, 4.69) is 11.7 Å². The molecule has 0 saturated carbocycles. The van der Waals surface area contributed by atoms with Gasteiger partial charge in [0.25, 0.3) is 0 Å². The van der Waals surface area contributed by atoms with E-state index in [-0.39, 0.29) is 0 Å². The van der Waals surface area contributed by atoms with Crippen LogP contribution in [0.2, 0.25) is 0 Å². The van der Waals surface area contributed by atoms with Gasteiger partial charge in [-0.3, -0.25) is 0 Å². The lowest BCUT2D eigenvalue weighted by Gasteiger charge is -1.96. The van der Waals surface area contributed by atoms with Crippen molar-refractivity contribution in [1.29, 1.82) is 0 Å². The second-order valence-corrected chi connectivity index (χ2v) is 0.885. The van der Waals surface area contributed by atoms with Crippen LogP contribution in [0.3, 0.4) is 0 Å². The summed E-state index contributed by atoms with van der Waals surface area (Å²) in [5.74, 6) is 0. The van der Waals surface area contributed by atoms with E-state index in [9.17, 15) is 5.11 Å². The zero-order chi connectivity index (χ0) is 4.99. The van der Waals surface area contributed by atoms with Crippen molar-refractivity contribution in [2.45, 2.75) is 13.2 Å². The van der Waals surface area contributed by atoms with Gasteiger partial charge in [-0.05, 0) is 6.92 Å². The molecule has 0 spiro atoms. The minimum Gasteiger partial charge on any atom is -0.350 e. The summed E-state index contributed by atoms with van der Waals surface area (Å²) in [6.45, 7) is 5.27. The van der Waals surface area contributed by atoms with Crippen LogP contribution in [-0.4, -0.2) is 12.9 Å². The molecule has 2 heteroatoms. The van der Waals surface area contributed by atoms with E-state index in [0.29, 0.717) is 6.61 Å². The summed E-state index contributed by atoms with van der Waals surface area (Å²) in [5, 5.41) is 9.79. The van der Waals surface area contributed by atoms with Gasteiger partial charge >= 0.3 is 0 Å². The molecule has 6 heavy (non-hydrogen) atoms. The van der Waals surface area contributed by atoms with Crippen LogP contribution in [0, 0.1) is 6.92 Å². The Bertz CT molecular complexity index is 26.7. The van der Waals surface area contributed by atoms with Crippen molar-refractivity contribution in [2.24, 2.45) is 0 Å². The standard InChI is InChI=1S/C4H8O2/c1-3-6-4(2)5/h4H,2-3H2,1H3. The SMILES string of the molecule is [CH2]C([O])OCC. The fourth-order valence-corrected chi connectivity index (χ4v) is 0.186. The van der Waals surface area contributed by atoms with E-state index in [1.807, 2.05) is 0 Å². The third-order valence-electron chi connectivity index (χ3n) is 0.353. The molecule has 0 aliphatic rings. The molecule has 0 aromatic rings. The molecule has 1 unspecified atom stereocenters. The molecular weight excluding hydrogens is 80.0 g/mol. The zero-order valence-electron chi connectivity index (χ0n) is 3.81. The lowest BCUT2D eigenvalue weighted by atomic mass is 10.7. The normalized spacial score (nSPS) is 14.5. The molecular formula is C4H8O2. The fourth-order valence-electron chi connectivity index (χ4n) is 0.186. The molecule has 0 saturated heterocycles. The van der Waals surface area contributed by atoms with E-state index in [4.69, 9.17) is 0 Å². The van der Waals surface area contributed by atoms with Crippen molar-refractivity contribution in [3.8, 4) is 0 Å². The van der Waals surface area contributed by atoms with Crippen molar-refractivity contribution in [2.75, 3.05) is 6.61 Å². The maximum atomic E-state index is 9.79. The number of ether oxygens (including phenoxy) is 1. The Balaban J connectivity index is 2.63. The molecule has 0 bridgehead atoms. The first-order valence-corrected chi connectivity index (χ1v) is 1.88. The maximum absolute atomic E-state index is 9.79. The predicted octanol–water partition coefficient (Wildman–Crippen LogP) is 0.614. The average molecular weight is 88.1 g/mol.